The quantitative estimate of drug-likeness (QED) is 0.308. The third kappa shape index (κ3) is 5.23. The first kappa shape index (κ1) is 25.7. The molecule has 3 nitrogen and oxygen atoms in total. The summed E-state index contributed by atoms with van der Waals surface area (Å²) in [5.41, 5.74) is 8.78. The second kappa shape index (κ2) is 10.8. The van der Waals surface area contributed by atoms with Gasteiger partial charge in [-0.05, 0) is 127 Å². The molecule has 196 valence electrons. The monoisotopic (exact) mass is 498 g/mol. The van der Waals surface area contributed by atoms with Crippen LogP contribution in [0.1, 0.15) is 126 Å². The zero-order chi connectivity index (χ0) is 26.1. The van der Waals surface area contributed by atoms with Crippen LogP contribution in [-0.2, 0) is 0 Å². The van der Waals surface area contributed by atoms with E-state index in [1.54, 1.807) is 6.07 Å². The number of aromatic hydroxyl groups is 3. The van der Waals surface area contributed by atoms with Gasteiger partial charge in [0.2, 0.25) is 0 Å². The summed E-state index contributed by atoms with van der Waals surface area (Å²) in [6, 6.07) is 14.0. The van der Waals surface area contributed by atoms with Crippen LogP contribution in [0.15, 0.2) is 42.5 Å². The van der Waals surface area contributed by atoms with Crippen molar-refractivity contribution in [2.75, 3.05) is 0 Å². The van der Waals surface area contributed by atoms with Crippen molar-refractivity contribution < 1.29 is 15.3 Å². The second-order valence-corrected chi connectivity index (χ2v) is 11.7. The average molecular weight is 499 g/mol. The fourth-order valence-corrected chi connectivity index (χ4v) is 7.00. The molecular weight excluding hydrogens is 456 g/mol. The van der Waals surface area contributed by atoms with Crippen molar-refractivity contribution in [3.8, 4) is 17.2 Å². The SMILES string of the molecule is Cc1ccc(O)cc1C(c1cc(C2CCCCC2)c(O)cc1C)c1cc(C2CCCCC2)c(O)cc1C. The Labute approximate surface area is 222 Å². The summed E-state index contributed by atoms with van der Waals surface area (Å²) in [5, 5.41) is 32.6. The van der Waals surface area contributed by atoms with Crippen LogP contribution in [0.3, 0.4) is 0 Å². The Kier molecular flexibility index (Phi) is 7.51. The highest BCUT2D eigenvalue weighted by Crippen LogP contribution is 2.46. The van der Waals surface area contributed by atoms with Crippen molar-refractivity contribution in [2.45, 2.75) is 103 Å². The first-order valence-electron chi connectivity index (χ1n) is 14.3. The van der Waals surface area contributed by atoms with Gasteiger partial charge in [-0.2, -0.15) is 0 Å². The van der Waals surface area contributed by atoms with Gasteiger partial charge in [-0.1, -0.05) is 56.7 Å². The van der Waals surface area contributed by atoms with Gasteiger partial charge in [0.05, 0.1) is 0 Å². The molecule has 2 aliphatic carbocycles. The summed E-state index contributed by atoms with van der Waals surface area (Å²) in [6.07, 6.45) is 11.9. The molecule has 0 aliphatic heterocycles. The molecule has 0 saturated heterocycles. The molecule has 0 spiro atoms. The summed E-state index contributed by atoms with van der Waals surface area (Å²) in [5.74, 6) is 1.75. The van der Waals surface area contributed by atoms with E-state index in [0.29, 0.717) is 23.3 Å². The van der Waals surface area contributed by atoms with Gasteiger partial charge in [0, 0.05) is 5.92 Å². The van der Waals surface area contributed by atoms with Crippen LogP contribution in [-0.4, -0.2) is 15.3 Å². The Bertz CT molecular complexity index is 1190. The van der Waals surface area contributed by atoms with Crippen molar-refractivity contribution in [3.63, 3.8) is 0 Å². The normalized spacial score (nSPS) is 17.4. The molecule has 3 N–H and O–H groups in total. The summed E-state index contributed by atoms with van der Waals surface area (Å²) in [6.45, 7) is 6.28. The highest BCUT2D eigenvalue weighted by atomic mass is 16.3. The number of benzene rings is 3. The Hall–Kier alpha value is -2.94. The van der Waals surface area contributed by atoms with E-state index < -0.39 is 0 Å². The van der Waals surface area contributed by atoms with Crippen molar-refractivity contribution >= 4 is 0 Å². The molecule has 2 fully saturated rings. The largest absolute Gasteiger partial charge is 0.508 e. The molecule has 0 heterocycles. The predicted octanol–water partition coefficient (Wildman–Crippen LogP) is 9.00. The number of phenolic OH excluding ortho intramolecular Hbond substituents is 3. The van der Waals surface area contributed by atoms with Gasteiger partial charge < -0.3 is 15.3 Å². The van der Waals surface area contributed by atoms with Crippen LogP contribution in [0.5, 0.6) is 17.2 Å². The second-order valence-electron chi connectivity index (χ2n) is 11.7. The van der Waals surface area contributed by atoms with Crippen LogP contribution >= 0.6 is 0 Å². The minimum atomic E-state index is -0.0991. The Balaban J connectivity index is 1.72. The molecule has 3 aromatic carbocycles. The van der Waals surface area contributed by atoms with Gasteiger partial charge >= 0.3 is 0 Å². The molecule has 0 bridgehead atoms. The van der Waals surface area contributed by atoms with Gasteiger partial charge in [-0.3, -0.25) is 0 Å². The first-order valence-corrected chi connectivity index (χ1v) is 14.3. The predicted molar refractivity (Wildman–Crippen MR) is 151 cm³/mol. The highest BCUT2D eigenvalue weighted by molar-refractivity contribution is 5.57. The lowest BCUT2D eigenvalue weighted by molar-refractivity contribution is 0.413. The summed E-state index contributed by atoms with van der Waals surface area (Å²) in [7, 11) is 0. The molecular formula is C34H42O3. The fourth-order valence-electron chi connectivity index (χ4n) is 7.00. The van der Waals surface area contributed by atoms with Crippen LogP contribution in [0, 0.1) is 20.8 Å². The number of phenols is 3. The van der Waals surface area contributed by atoms with Crippen LogP contribution < -0.4 is 0 Å². The van der Waals surface area contributed by atoms with Gasteiger partial charge in [-0.15, -0.1) is 0 Å². The minimum Gasteiger partial charge on any atom is -0.508 e. The molecule has 0 radical (unpaired) electrons. The molecule has 3 aromatic rings. The molecule has 0 aromatic heterocycles. The summed E-state index contributed by atoms with van der Waals surface area (Å²) < 4.78 is 0. The molecule has 3 heteroatoms. The lowest BCUT2D eigenvalue weighted by Gasteiger charge is -2.30. The van der Waals surface area contributed by atoms with Crippen molar-refractivity contribution in [3.05, 3.63) is 87.0 Å². The molecule has 0 unspecified atom stereocenters. The van der Waals surface area contributed by atoms with Crippen LogP contribution in [0.4, 0.5) is 0 Å². The van der Waals surface area contributed by atoms with Crippen LogP contribution in [0.2, 0.25) is 0 Å². The first-order chi connectivity index (χ1) is 17.8. The van der Waals surface area contributed by atoms with E-state index in [9.17, 15) is 15.3 Å². The third-order valence-electron chi connectivity index (χ3n) is 9.12. The Morgan fingerprint density at radius 1 is 0.541 bits per heavy atom. The zero-order valence-corrected chi connectivity index (χ0v) is 22.7. The van der Waals surface area contributed by atoms with Crippen molar-refractivity contribution in [2.24, 2.45) is 0 Å². The molecule has 0 amide bonds. The number of aryl methyl sites for hydroxylation is 3. The third-order valence-corrected chi connectivity index (χ3v) is 9.12. The van der Waals surface area contributed by atoms with E-state index in [4.69, 9.17) is 0 Å². The lowest BCUT2D eigenvalue weighted by Crippen LogP contribution is -2.13. The molecule has 2 aliphatic rings. The summed E-state index contributed by atoms with van der Waals surface area (Å²) >= 11 is 0. The van der Waals surface area contributed by atoms with Gasteiger partial charge in [-0.25, -0.2) is 0 Å². The fraction of sp³-hybridized carbons (Fsp3) is 0.471. The van der Waals surface area contributed by atoms with Gasteiger partial charge in [0.25, 0.3) is 0 Å². The topological polar surface area (TPSA) is 60.7 Å². The van der Waals surface area contributed by atoms with Gasteiger partial charge in [0.1, 0.15) is 17.2 Å². The lowest BCUT2D eigenvalue weighted by atomic mass is 9.75. The number of rotatable bonds is 5. The smallest absolute Gasteiger partial charge is 0.119 e. The molecule has 0 atom stereocenters. The maximum absolute atomic E-state index is 11.0. The zero-order valence-electron chi connectivity index (χ0n) is 22.7. The van der Waals surface area contributed by atoms with E-state index in [0.717, 1.165) is 59.1 Å². The average Bonchev–Trinajstić information content (AvgIpc) is 2.89. The number of hydrogen-bond donors (Lipinski definition) is 3. The van der Waals surface area contributed by atoms with E-state index >= 15 is 0 Å². The van der Waals surface area contributed by atoms with E-state index in [1.165, 1.54) is 49.7 Å². The summed E-state index contributed by atoms with van der Waals surface area (Å²) in [4.78, 5) is 0. The molecule has 37 heavy (non-hydrogen) atoms. The van der Waals surface area contributed by atoms with E-state index in [-0.39, 0.29) is 11.7 Å². The standard InChI is InChI=1S/C34H42O3/c1-21-14-15-26(35)18-27(21)34(28-19-30(32(36)16-22(28)2)24-10-6-4-7-11-24)29-20-31(33(37)17-23(29)3)25-12-8-5-9-13-25/h14-20,24-25,34-37H,4-13H2,1-3H3. The minimum absolute atomic E-state index is 0.0991. The highest BCUT2D eigenvalue weighted by Gasteiger charge is 2.28. The van der Waals surface area contributed by atoms with Crippen LogP contribution in [0.25, 0.3) is 0 Å². The maximum Gasteiger partial charge on any atom is 0.119 e. The van der Waals surface area contributed by atoms with Crippen molar-refractivity contribution in [1.82, 2.24) is 0 Å². The van der Waals surface area contributed by atoms with E-state index in [2.05, 4.69) is 32.9 Å². The molecule has 5 rings (SSSR count). The van der Waals surface area contributed by atoms with E-state index in [1.807, 2.05) is 24.3 Å². The molecule has 2 saturated carbocycles. The Morgan fingerprint density at radius 3 is 1.43 bits per heavy atom. The Morgan fingerprint density at radius 2 is 0.973 bits per heavy atom. The number of hydrogen-bond acceptors (Lipinski definition) is 3. The van der Waals surface area contributed by atoms with Gasteiger partial charge in [0.15, 0.2) is 0 Å². The maximum atomic E-state index is 11.0. The van der Waals surface area contributed by atoms with Crippen molar-refractivity contribution in [1.29, 1.82) is 0 Å².